The topological polar surface area (TPSA) is 55.6 Å². The van der Waals surface area contributed by atoms with Gasteiger partial charge in [-0.2, -0.15) is 0 Å². The third kappa shape index (κ3) is 5.11. The number of halogens is 1. The Labute approximate surface area is 173 Å². The summed E-state index contributed by atoms with van der Waals surface area (Å²) in [5.41, 5.74) is 3.28. The molecule has 4 rings (SSSR count). The van der Waals surface area contributed by atoms with Crippen molar-refractivity contribution >= 4 is 17.6 Å². The summed E-state index contributed by atoms with van der Waals surface area (Å²) in [6.45, 7) is 0.771. The second kappa shape index (κ2) is 9.05. The van der Waals surface area contributed by atoms with Gasteiger partial charge in [0, 0.05) is 18.5 Å². The van der Waals surface area contributed by atoms with Crippen LogP contribution in [0.15, 0.2) is 85.2 Å². The molecule has 4 aromatic rings. The first-order valence-corrected chi connectivity index (χ1v) is 9.51. The summed E-state index contributed by atoms with van der Waals surface area (Å²) in [5, 5.41) is 2.77. The first-order valence-electron chi connectivity index (χ1n) is 9.51. The number of pyridine rings is 1. The Morgan fingerprint density at radius 1 is 1.03 bits per heavy atom. The fourth-order valence-corrected chi connectivity index (χ4v) is 2.93. The molecule has 0 spiro atoms. The average Bonchev–Trinajstić information content (AvgIpc) is 3.18. The number of hydrogen-bond acceptors (Lipinski definition) is 3. The number of fused-ring (bicyclic) bond motifs is 1. The lowest BCUT2D eigenvalue weighted by Crippen LogP contribution is -2.20. The summed E-state index contributed by atoms with van der Waals surface area (Å²) in [7, 11) is 0. The van der Waals surface area contributed by atoms with Gasteiger partial charge < -0.3 is 14.5 Å². The van der Waals surface area contributed by atoms with Crippen molar-refractivity contribution in [3.8, 4) is 5.75 Å². The number of carbonyl (C=O) groups is 1. The highest BCUT2D eigenvalue weighted by Gasteiger charge is 2.04. The predicted molar refractivity (Wildman–Crippen MR) is 113 cm³/mol. The summed E-state index contributed by atoms with van der Waals surface area (Å²) in [5.74, 6) is 0.196. The Balaban J connectivity index is 1.27. The third-order valence-corrected chi connectivity index (χ3v) is 4.46. The van der Waals surface area contributed by atoms with Crippen molar-refractivity contribution in [2.45, 2.75) is 13.2 Å². The highest BCUT2D eigenvalue weighted by molar-refractivity contribution is 5.91. The largest absolute Gasteiger partial charge is 0.489 e. The number of nitrogens with one attached hydrogen (secondary N) is 1. The molecule has 0 radical (unpaired) electrons. The molecule has 0 aliphatic rings. The molecular formula is C24H20FN3O2. The molecular weight excluding hydrogens is 381 g/mol. The van der Waals surface area contributed by atoms with Crippen molar-refractivity contribution in [3.63, 3.8) is 0 Å². The molecule has 2 heterocycles. The van der Waals surface area contributed by atoms with Crippen LogP contribution in [0.4, 0.5) is 4.39 Å². The molecule has 2 aromatic heterocycles. The van der Waals surface area contributed by atoms with E-state index in [1.807, 2.05) is 54.6 Å². The van der Waals surface area contributed by atoms with Crippen LogP contribution in [0, 0.1) is 5.82 Å². The minimum absolute atomic E-state index is 0.234. The highest BCUT2D eigenvalue weighted by Crippen LogP contribution is 2.15. The van der Waals surface area contributed by atoms with Crippen LogP contribution in [0.1, 0.15) is 16.8 Å². The van der Waals surface area contributed by atoms with Crippen LogP contribution >= 0.6 is 0 Å². The molecule has 30 heavy (non-hydrogen) atoms. The molecule has 6 heteroatoms. The van der Waals surface area contributed by atoms with Gasteiger partial charge in [0.15, 0.2) is 0 Å². The Morgan fingerprint density at radius 2 is 1.83 bits per heavy atom. The Hall–Kier alpha value is -3.93. The first kappa shape index (κ1) is 19.4. The molecule has 0 unspecified atom stereocenters. The van der Waals surface area contributed by atoms with E-state index in [0.717, 1.165) is 16.9 Å². The van der Waals surface area contributed by atoms with E-state index in [1.54, 1.807) is 22.7 Å². The molecule has 1 N–H and O–H groups in total. The van der Waals surface area contributed by atoms with Gasteiger partial charge >= 0.3 is 0 Å². The fraction of sp³-hybridized carbons (Fsp3) is 0.0833. The van der Waals surface area contributed by atoms with Gasteiger partial charge in [0.05, 0.1) is 12.2 Å². The molecule has 0 saturated heterocycles. The van der Waals surface area contributed by atoms with Gasteiger partial charge in [-0.05, 0) is 41.5 Å². The fourth-order valence-electron chi connectivity index (χ4n) is 2.93. The molecule has 5 nitrogen and oxygen atoms in total. The minimum Gasteiger partial charge on any atom is -0.489 e. The highest BCUT2D eigenvalue weighted by atomic mass is 19.1. The summed E-state index contributed by atoms with van der Waals surface area (Å²) < 4.78 is 20.6. The smallest absolute Gasteiger partial charge is 0.244 e. The first-order chi connectivity index (χ1) is 14.7. The number of imidazole rings is 1. The van der Waals surface area contributed by atoms with Crippen molar-refractivity contribution in [1.29, 1.82) is 0 Å². The van der Waals surface area contributed by atoms with Crippen LogP contribution in [0.5, 0.6) is 5.75 Å². The number of ether oxygens (including phenoxy) is 1. The molecule has 0 atom stereocenters. The van der Waals surface area contributed by atoms with Crippen LogP contribution in [0.25, 0.3) is 11.7 Å². The van der Waals surface area contributed by atoms with Gasteiger partial charge in [-0.15, -0.1) is 0 Å². The SMILES string of the molecule is O=C(/C=C/c1ccc(OCc2ccccc2)cc1)NCc1cn2cc(F)ccc2n1. The summed E-state index contributed by atoms with van der Waals surface area (Å²) >= 11 is 0. The normalized spacial score (nSPS) is 11.1. The van der Waals surface area contributed by atoms with E-state index in [9.17, 15) is 9.18 Å². The molecule has 0 fully saturated rings. The lowest BCUT2D eigenvalue weighted by atomic mass is 10.2. The molecule has 0 saturated carbocycles. The number of carbonyl (C=O) groups excluding carboxylic acids is 1. The van der Waals surface area contributed by atoms with Gasteiger partial charge in [0.1, 0.15) is 23.8 Å². The standard InChI is InChI=1S/C24H20FN3O2/c25-20-9-12-23-27-21(16-28(23)15-20)14-26-24(29)13-8-18-6-10-22(11-7-18)30-17-19-4-2-1-3-5-19/h1-13,15-16H,14,17H2,(H,26,29)/b13-8+. The van der Waals surface area contributed by atoms with Crippen molar-refractivity contribution in [3.05, 3.63) is 108 Å². The van der Waals surface area contributed by atoms with Crippen LogP contribution in [-0.4, -0.2) is 15.3 Å². The molecule has 1 amide bonds. The van der Waals surface area contributed by atoms with Crippen molar-refractivity contribution in [1.82, 2.24) is 14.7 Å². The van der Waals surface area contributed by atoms with Crippen molar-refractivity contribution in [2.24, 2.45) is 0 Å². The Morgan fingerprint density at radius 3 is 2.63 bits per heavy atom. The van der Waals surface area contributed by atoms with Crippen molar-refractivity contribution < 1.29 is 13.9 Å². The second-order valence-corrected chi connectivity index (χ2v) is 6.74. The zero-order valence-corrected chi connectivity index (χ0v) is 16.2. The van der Waals surface area contributed by atoms with E-state index < -0.39 is 0 Å². The molecule has 0 bridgehead atoms. The van der Waals surface area contributed by atoms with E-state index in [1.165, 1.54) is 18.3 Å². The third-order valence-electron chi connectivity index (χ3n) is 4.46. The Kier molecular flexibility index (Phi) is 5.85. The summed E-state index contributed by atoms with van der Waals surface area (Å²) in [6.07, 6.45) is 6.24. The maximum Gasteiger partial charge on any atom is 0.244 e. The lowest BCUT2D eigenvalue weighted by molar-refractivity contribution is -0.116. The van der Waals surface area contributed by atoms with Gasteiger partial charge in [-0.3, -0.25) is 4.79 Å². The number of nitrogens with zero attached hydrogens (tertiary/aromatic N) is 2. The van der Waals surface area contributed by atoms with E-state index in [0.29, 0.717) is 17.9 Å². The number of hydrogen-bond donors (Lipinski definition) is 1. The van der Waals surface area contributed by atoms with Crippen LogP contribution in [0.3, 0.4) is 0 Å². The number of rotatable bonds is 7. The van der Waals surface area contributed by atoms with Crippen LogP contribution in [-0.2, 0) is 17.9 Å². The van der Waals surface area contributed by atoms with Gasteiger partial charge in [0.25, 0.3) is 0 Å². The monoisotopic (exact) mass is 401 g/mol. The number of amides is 1. The number of aromatic nitrogens is 2. The zero-order chi connectivity index (χ0) is 20.8. The molecule has 150 valence electrons. The zero-order valence-electron chi connectivity index (χ0n) is 16.2. The van der Waals surface area contributed by atoms with Gasteiger partial charge in [-0.1, -0.05) is 42.5 Å². The quantitative estimate of drug-likeness (QED) is 0.468. The van der Waals surface area contributed by atoms with Crippen LogP contribution in [0.2, 0.25) is 0 Å². The number of benzene rings is 2. The average molecular weight is 401 g/mol. The van der Waals surface area contributed by atoms with E-state index in [4.69, 9.17) is 4.74 Å². The van der Waals surface area contributed by atoms with Gasteiger partial charge in [0.2, 0.25) is 5.91 Å². The summed E-state index contributed by atoms with van der Waals surface area (Å²) in [6, 6.07) is 20.4. The van der Waals surface area contributed by atoms with Gasteiger partial charge in [-0.25, -0.2) is 9.37 Å². The lowest BCUT2D eigenvalue weighted by Gasteiger charge is -2.06. The summed E-state index contributed by atoms with van der Waals surface area (Å²) in [4.78, 5) is 16.4. The minimum atomic E-state index is -0.338. The second-order valence-electron chi connectivity index (χ2n) is 6.74. The Bertz CT molecular complexity index is 1170. The molecule has 0 aliphatic heterocycles. The maximum atomic E-state index is 13.2. The molecule has 0 aliphatic carbocycles. The molecule has 2 aromatic carbocycles. The van der Waals surface area contributed by atoms with E-state index >= 15 is 0 Å². The maximum absolute atomic E-state index is 13.2. The predicted octanol–water partition coefficient (Wildman–Crippen LogP) is 4.38. The van der Waals surface area contributed by atoms with E-state index in [2.05, 4.69) is 10.3 Å². The van der Waals surface area contributed by atoms with Crippen LogP contribution < -0.4 is 10.1 Å². The van der Waals surface area contributed by atoms with Crippen molar-refractivity contribution in [2.75, 3.05) is 0 Å². The van der Waals surface area contributed by atoms with E-state index in [-0.39, 0.29) is 18.3 Å².